The number of carbonyl (C=O) groups excluding carboxylic acids is 3. The van der Waals surface area contributed by atoms with Gasteiger partial charge in [0.25, 0.3) is 5.91 Å². The third kappa shape index (κ3) is 6.37. The summed E-state index contributed by atoms with van der Waals surface area (Å²) < 4.78 is 9.56. The number of nitrogens with zero attached hydrogens (tertiary/aromatic N) is 3. The van der Waals surface area contributed by atoms with Crippen molar-refractivity contribution in [3.8, 4) is 6.07 Å². The van der Waals surface area contributed by atoms with Crippen LogP contribution in [0.15, 0.2) is 90.6 Å². The summed E-state index contributed by atoms with van der Waals surface area (Å²) in [5.74, 6) is -1.66. The molecule has 0 unspecified atom stereocenters. The molecular weight excluding hydrogens is 508 g/mol. The van der Waals surface area contributed by atoms with Gasteiger partial charge in [0.05, 0.1) is 37.1 Å². The molecule has 0 spiro atoms. The first-order valence-corrected chi connectivity index (χ1v) is 12.8. The molecule has 1 heterocycles. The van der Waals surface area contributed by atoms with E-state index in [2.05, 4.69) is 34.5 Å². The Morgan fingerprint density at radius 2 is 1.43 bits per heavy atom. The summed E-state index contributed by atoms with van der Waals surface area (Å²) in [7, 11) is 2.48. The normalized spacial score (nSPS) is 13.8. The molecule has 0 atom stereocenters. The summed E-state index contributed by atoms with van der Waals surface area (Å²) in [5, 5.41) is 12.6. The predicted molar refractivity (Wildman–Crippen MR) is 149 cm³/mol. The maximum absolute atomic E-state index is 13.3. The largest absolute Gasteiger partial charge is 0.465 e. The lowest BCUT2D eigenvalue weighted by Crippen LogP contribution is -2.50. The zero-order chi connectivity index (χ0) is 28.5. The van der Waals surface area contributed by atoms with E-state index in [1.54, 1.807) is 4.90 Å². The minimum absolute atomic E-state index is 0.0473. The van der Waals surface area contributed by atoms with Crippen LogP contribution in [0.1, 0.15) is 37.9 Å². The van der Waals surface area contributed by atoms with Crippen LogP contribution in [0.5, 0.6) is 0 Å². The first-order chi connectivity index (χ1) is 19.5. The van der Waals surface area contributed by atoms with E-state index in [-0.39, 0.29) is 28.4 Å². The summed E-state index contributed by atoms with van der Waals surface area (Å²) in [4.78, 5) is 41.5. The molecule has 1 aliphatic heterocycles. The molecule has 0 saturated carbocycles. The first kappa shape index (κ1) is 28.1. The van der Waals surface area contributed by atoms with Gasteiger partial charge in [-0.3, -0.25) is 9.69 Å². The van der Waals surface area contributed by atoms with Gasteiger partial charge < -0.3 is 19.7 Å². The van der Waals surface area contributed by atoms with Crippen LogP contribution in [0.4, 0.5) is 5.69 Å². The predicted octanol–water partition coefficient (Wildman–Crippen LogP) is 4.01. The number of anilines is 1. The second-order valence-corrected chi connectivity index (χ2v) is 9.11. The van der Waals surface area contributed by atoms with Gasteiger partial charge in [0.15, 0.2) is 0 Å². The number of methoxy groups -OCH3 is 2. The molecule has 4 rings (SSSR count). The first-order valence-electron chi connectivity index (χ1n) is 12.8. The van der Waals surface area contributed by atoms with Crippen LogP contribution in [0.2, 0.25) is 0 Å². The zero-order valence-electron chi connectivity index (χ0n) is 22.4. The van der Waals surface area contributed by atoms with Crippen molar-refractivity contribution >= 4 is 23.5 Å². The third-order valence-electron chi connectivity index (χ3n) is 6.77. The zero-order valence-corrected chi connectivity index (χ0v) is 22.4. The van der Waals surface area contributed by atoms with Crippen LogP contribution in [0, 0.1) is 11.3 Å². The van der Waals surface area contributed by atoms with Gasteiger partial charge in [-0.15, -0.1) is 0 Å². The number of amides is 1. The summed E-state index contributed by atoms with van der Waals surface area (Å²) in [5.41, 5.74) is 2.75. The molecule has 1 aliphatic rings. The summed E-state index contributed by atoms with van der Waals surface area (Å²) in [6, 6.07) is 26.7. The second-order valence-electron chi connectivity index (χ2n) is 9.11. The van der Waals surface area contributed by atoms with Crippen LogP contribution >= 0.6 is 0 Å². The van der Waals surface area contributed by atoms with Crippen LogP contribution in [0.3, 0.4) is 0 Å². The van der Waals surface area contributed by atoms with E-state index in [1.165, 1.54) is 49.7 Å². The fourth-order valence-corrected chi connectivity index (χ4v) is 4.73. The van der Waals surface area contributed by atoms with Gasteiger partial charge in [-0.05, 0) is 29.3 Å². The molecule has 3 aromatic rings. The molecule has 1 fully saturated rings. The molecule has 1 N–H and O–H groups in total. The number of hydrogen-bond donors (Lipinski definition) is 1. The van der Waals surface area contributed by atoms with Crippen molar-refractivity contribution in [2.45, 2.75) is 6.04 Å². The molecule has 204 valence electrons. The minimum Gasteiger partial charge on any atom is -0.465 e. The van der Waals surface area contributed by atoms with Gasteiger partial charge in [-0.25, -0.2) is 9.59 Å². The summed E-state index contributed by atoms with van der Waals surface area (Å²) in [6.07, 6.45) is 1.24. The quantitative estimate of drug-likeness (QED) is 0.260. The van der Waals surface area contributed by atoms with Crippen molar-refractivity contribution in [2.24, 2.45) is 0 Å². The van der Waals surface area contributed by atoms with Gasteiger partial charge in [0, 0.05) is 32.4 Å². The lowest BCUT2D eigenvalue weighted by molar-refractivity contribution is -0.128. The topological polar surface area (TPSA) is 112 Å². The number of hydrogen-bond acceptors (Lipinski definition) is 8. The molecule has 0 bridgehead atoms. The molecule has 40 heavy (non-hydrogen) atoms. The van der Waals surface area contributed by atoms with Crippen molar-refractivity contribution in [2.75, 3.05) is 45.7 Å². The highest BCUT2D eigenvalue weighted by Crippen LogP contribution is 2.29. The lowest BCUT2D eigenvalue weighted by Gasteiger charge is -2.39. The summed E-state index contributed by atoms with van der Waals surface area (Å²) >= 11 is 0. The van der Waals surface area contributed by atoms with E-state index in [0.717, 1.165) is 0 Å². The minimum atomic E-state index is -0.639. The van der Waals surface area contributed by atoms with Crippen molar-refractivity contribution < 1.29 is 23.9 Å². The number of nitriles is 1. The Bertz CT molecular complexity index is 1390. The molecule has 3 aromatic carbocycles. The Kier molecular flexibility index (Phi) is 9.28. The van der Waals surface area contributed by atoms with Gasteiger partial charge >= 0.3 is 11.9 Å². The van der Waals surface area contributed by atoms with Crippen molar-refractivity contribution in [1.29, 1.82) is 5.26 Å². The Morgan fingerprint density at radius 1 is 0.850 bits per heavy atom. The Hall–Kier alpha value is -4.94. The third-order valence-corrected chi connectivity index (χ3v) is 6.77. The van der Waals surface area contributed by atoms with Gasteiger partial charge in [0.1, 0.15) is 11.6 Å². The average molecular weight is 539 g/mol. The number of rotatable bonds is 8. The summed E-state index contributed by atoms with van der Waals surface area (Å²) in [6.45, 7) is 2.14. The Morgan fingerprint density at radius 3 is 1.95 bits per heavy atom. The SMILES string of the molecule is COC(=O)c1ccc(C(=O)OC)c(N/C=C(/C#N)C(=O)N2CCN(C(c3ccccc3)c3ccccc3)CC2)c1. The van der Waals surface area contributed by atoms with E-state index in [0.29, 0.717) is 26.2 Å². The number of ether oxygens (including phenoxy) is 2. The standard InChI is InChI=1S/C31H30N4O5/c1-39-30(37)24-13-14-26(31(38)40-2)27(19-24)33-21-25(20-32)29(36)35-17-15-34(16-18-35)28(22-9-5-3-6-10-22)23-11-7-4-8-12-23/h3-14,19,21,28,33H,15-18H2,1-2H3/b25-21-. The van der Waals surface area contributed by atoms with Crippen molar-refractivity contribution in [1.82, 2.24) is 9.80 Å². The lowest BCUT2D eigenvalue weighted by atomic mass is 9.96. The fraction of sp³-hybridized carbons (Fsp3) is 0.226. The second kappa shape index (κ2) is 13.2. The number of carbonyl (C=O) groups is 3. The highest BCUT2D eigenvalue weighted by atomic mass is 16.5. The molecule has 9 heteroatoms. The molecule has 1 amide bonds. The van der Waals surface area contributed by atoms with E-state index in [9.17, 15) is 19.6 Å². The molecule has 9 nitrogen and oxygen atoms in total. The maximum atomic E-state index is 13.3. The highest BCUT2D eigenvalue weighted by Gasteiger charge is 2.29. The van der Waals surface area contributed by atoms with Gasteiger partial charge in [-0.1, -0.05) is 60.7 Å². The molecule has 0 aliphatic carbocycles. The molecule has 1 saturated heterocycles. The van der Waals surface area contributed by atoms with Crippen LogP contribution in [-0.2, 0) is 14.3 Å². The van der Waals surface area contributed by atoms with Gasteiger partial charge in [0.2, 0.25) is 0 Å². The monoisotopic (exact) mass is 538 g/mol. The average Bonchev–Trinajstić information content (AvgIpc) is 3.02. The van der Waals surface area contributed by atoms with E-state index < -0.39 is 17.8 Å². The fourth-order valence-electron chi connectivity index (χ4n) is 4.73. The molecule has 0 radical (unpaired) electrons. The molecular formula is C31H30N4O5. The highest BCUT2D eigenvalue weighted by molar-refractivity contribution is 6.00. The number of piperazine rings is 1. The van der Waals surface area contributed by atoms with E-state index in [4.69, 9.17) is 9.47 Å². The number of nitrogens with one attached hydrogen (secondary N) is 1. The molecule has 0 aromatic heterocycles. The number of benzene rings is 3. The Balaban J connectivity index is 1.49. The van der Waals surface area contributed by atoms with Crippen molar-refractivity contribution in [3.63, 3.8) is 0 Å². The number of esters is 2. The van der Waals surface area contributed by atoms with Crippen LogP contribution in [0.25, 0.3) is 0 Å². The maximum Gasteiger partial charge on any atom is 0.339 e. The smallest absolute Gasteiger partial charge is 0.339 e. The van der Waals surface area contributed by atoms with Crippen LogP contribution < -0.4 is 5.32 Å². The van der Waals surface area contributed by atoms with Crippen LogP contribution in [-0.4, -0.2) is 68.0 Å². The van der Waals surface area contributed by atoms with Crippen molar-refractivity contribution in [3.05, 3.63) is 113 Å². The Labute approximate surface area is 233 Å². The van der Waals surface area contributed by atoms with Gasteiger partial charge in [-0.2, -0.15) is 5.26 Å². The van der Waals surface area contributed by atoms with E-state index >= 15 is 0 Å². The van der Waals surface area contributed by atoms with E-state index in [1.807, 2.05) is 42.5 Å².